The molecule has 1 aromatic carbocycles. The molecule has 1 N–H and O–H groups in total. The first-order chi connectivity index (χ1) is 9.22. The number of ether oxygens (including phenoxy) is 2. The van der Waals surface area contributed by atoms with Crippen molar-refractivity contribution in [3.8, 4) is 11.5 Å². The first-order valence-corrected chi connectivity index (χ1v) is 6.66. The summed E-state index contributed by atoms with van der Waals surface area (Å²) in [5.74, 6) is 2.18. The normalized spacial score (nSPS) is 12.7. The van der Waals surface area contributed by atoms with Crippen molar-refractivity contribution in [1.29, 1.82) is 0 Å². The monoisotopic (exact) mass is 277 g/mol. The van der Waals surface area contributed by atoms with E-state index in [-0.39, 0.29) is 12.4 Å². The summed E-state index contributed by atoms with van der Waals surface area (Å²) in [6, 6.07) is 5.76. The van der Waals surface area contributed by atoms with E-state index in [9.17, 15) is 4.79 Å². The van der Waals surface area contributed by atoms with Crippen LogP contribution >= 0.6 is 11.8 Å². The van der Waals surface area contributed by atoms with Crippen molar-refractivity contribution in [2.75, 3.05) is 6.79 Å². The smallest absolute Gasteiger partial charge is 0.273 e. The van der Waals surface area contributed by atoms with Crippen LogP contribution in [0.4, 0.5) is 0 Å². The lowest BCUT2D eigenvalue weighted by Gasteiger charge is -2.02. The predicted molar refractivity (Wildman–Crippen MR) is 69.5 cm³/mol. The van der Waals surface area contributed by atoms with E-state index in [1.807, 2.05) is 18.2 Å². The van der Waals surface area contributed by atoms with Crippen molar-refractivity contribution in [1.82, 2.24) is 15.2 Å². The predicted octanol–water partition coefficient (Wildman–Crippen LogP) is 1.49. The summed E-state index contributed by atoms with van der Waals surface area (Å²) in [4.78, 5) is 14.1. The molecular weight excluding hydrogens is 266 g/mol. The molecule has 0 spiro atoms. The SMILES string of the molecule is Cc1nnc(SCc2ccc3c(c2)OCO3)[nH]c1=O. The Morgan fingerprint density at radius 1 is 1.32 bits per heavy atom. The molecule has 1 aromatic heterocycles. The molecule has 19 heavy (non-hydrogen) atoms. The number of aromatic amines is 1. The first kappa shape index (κ1) is 12.0. The summed E-state index contributed by atoms with van der Waals surface area (Å²) in [7, 11) is 0. The molecule has 0 fully saturated rings. The van der Waals surface area contributed by atoms with Gasteiger partial charge in [-0.05, 0) is 24.6 Å². The lowest BCUT2D eigenvalue weighted by atomic mass is 10.2. The van der Waals surface area contributed by atoms with Crippen molar-refractivity contribution < 1.29 is 9.47 Å². The second-order valence-electron chi connectivity index (χ2n) is 4.02. The van der Waals surface area contributed by atoms with Crippen LogP contribution in [0.2, 0.25) is 0 Å². The van der Waals surface area contributed by atoms with Gasteiger partial charge in [0, 0.05) is 5.75 Å². The maximum atomic E-state index is 11.4. The van der Waals surface area contributed by atoms with E-state index in [0.29, 0.717) is 16.6 Å². The van der Waals surface area contributed by atoms with Crippen LogP contribution < -0.4 is 15.0 Å². The molecule has 1 aliphatic rings. The van der Waals surface area contributed by atoms with Crippen LogP contribution in [0.1, 0.15) is 11.3 Å². The lowest BCUT2D eigenvalue weighted by molar-refractivity contribution is 0.174. The third kappa shape index (κ3) is 2.55. The van der Waals surface area contributed by atoms with Gasteiger partial charge in [-0.15, -0.1) is 10.2 Å². The van der Waals surface area contributed by atoms with Crippen LogP contribution in [0, 0.1) is 6.92 Å². The largest absolute Gasteiger partial charge is 0.454 e. The molecule has 0 unspecified atom stereocenters. The van der Waals surface area contributed by atoms with Crippen LogP contribution in [0.5, 0.6) is 11.5 Å². The molecule has 2 heterocycles. The summed E-state index contributed by atoms with van der Waals surface area (Å²) in [5, 5.41) is 8.23. The summed E-state index contributed by atoms with van der Waals surface area (Å²) in [6.45, 7) is 1.89. The number of aromatic nitrogens is 3. The fourth-order valence-electron chi connectivity index (χ4n) is 1.63. The van der Waals surface area contributed by atoms with Crippen LogP contribution in [-0.2, 0) is 5.75 Å². The zero-order valence-electron chi connectivity index (χ0n) is 10.2. The number of hydrogen-bond donors (Lipinski definition) is 1. The number of fused-ring (bicyclic) bond motifs is 1. The second kappa shape index (κ2) is 4.93. The molecule has 98 valence electrons. The van der Waals surface area contributed by atoms with Crippen molar-refractivity contribution in [3.63, 3.8) is 0 Å². The van der Waals surface area contributed by atoms with Gasteiger partial charge in [0.05, 0.1) is 0 Å². The van der Waals surface area contributed by atoms with E-state index in [4.69, 9.17) is 9.47 Å². The standard InChI is InChI=1S/C12H11N3O3S/c1-7-11(16)13-12(15-14-7)19-5-8-2-3-9-10(4-8)18-6-17-9/h2-4H,5-6H2,1H3,(H,13,15,16). The van der Waals surface area contributed by atoms with Crippen molar-refractivity contribution in [3.05, 3.63) is 39.8 Å². The Balaban J connectivity index is 1.72. The van der Waals surface area contributed by atoms with Gasteiger partial charge in [-0.25, -0.2) is 0 Å². The molecule has 0 saturated carbocycles. The number of H-pyrrole nitrogens is 1. The Kier molecular flexibility index (Phi) is 3.12. The summed E-state index contributed by atoms with van der Waals surface area (Å²) >= 11 is 1.42. The van der Waals surface area contributed by atoms with E-state index >= 15 is 0 Å². The van der Waals surface area contributed by atoms with Gasteiger partial charge in [0.15, 0.2) is 16.7 Å². The van der Waals surface area contributed by atoms with Crippen molar-refractivity contribution >= 4 is 11.8 Å². The molecule has 7 heteroatoms. The number of thioether (sulfide) groups is 1. The molecule has 1 aliphatic heterocycles. The van der Waals surface area contributed by atoms with Gasteiger partial charge in [0.25, 0.3) is 5.56 Å². The summed E-state index contributed by atoms with van der Waals surface area (Å²) in [5.41, 5.74) is 1.23. The molecule has 0 radical (unpaired) electrons. The van der Waals surface area contributed by atoms with Gasteiger partial charge in [-0.2, -0.15) is 0 Å². The minimum atomic E-state index is -0.205. The highest BCUT2D eigenvalue weighted by Gasteiger charge is 2.13. The zero-order valence-corrected chi connectivity index (χ0v) is 11.0. The number of aryl methyl sites for hydroxylation is 1. The molecule has 2 aromatic rings. The minimum Gasteiger partial charge on any atom is -0.454 e. The highest BCUT2D eigenvalue weighted by molar-refractivity contribution is 7.98. The van der Waals surface area contributed by atoms with Crippen LogP contribution in [0.3, 0.4) is 0 Å². The fraction of sp³-hybridized carbons (Fsp3) is 0.250. The topological polar surface area (TPSA) is 77.1 Å². The fourth-order valence-corrected chi connectivity index (χ4v) is 2.37. The highest BCUT2D eigenvalue weighted by atomic mass is 32.2. The van der Waals surface area contributed by atoms with E-state index in [1.54, 1.807) is 6.92 Å². The van der Waals surface area contributed by atoms with Gasteiger partial charge >= 0.3 is 0 Å². The average Bonchev–Trinajstić information content (AvgIpc) is 2.87. The van der Waals surface area contributed by atoms with Gasteiger partial charge < -0.3 is 9.47 Å². The minimum absolute atomic E-state index is 0.205. The molecule has 0 atom stereocenters. The Morgan fingerprint density at radius 2 is 2.16 bits per heavy atom. The van der Waals surface area contributed by atoms with E-state index < -0.39 is 0 Å². The van der Waals surface area contributed by atoms with Crippen LogP contribution in [0.15, 0.2) is 28.2 Å². The Labute approximate surface area is 113 Å². The Bertz CT molecular complexity index is 672. The molecule has 3 rings (SSSR count). The third-order valence-electron chi connectivity index (χ3n) is 2.65. The molecule has 0 amide bonds. The van der Waals surface area contributed by atoms with E-state index in [2.05, 4.69) is 15.2 Å². The number of hydrogen-bond acceptors (Lipinski definition) is 6. The maximum absolute atomic E-state index is 11.4. The molecule has 0 saturated heterocycles. The number of nitrogens with one attached hydrogen (secondary N) is 1. The first-order valence-electron chi connectivity index (χ1n) is 5.67. The molecule has 0 bridgehead atoms. The quantitative estimate of drug-likeness (QED) is 0.857. The van der Waals surface area contributed by atoms with Crippen molar-refractivity contribution in [2.45, 2.75) is 17.8 Å². The average molecular weight is 277 g/mol. The Hall–Kier alpha value is -2.02. The third-order valence-corrected chi connectivity index (χ3v) is 3.59. The zero-order chi connectivity index (χ0) is 13.2. The molecule has 0 aliphatic carbocycles. The van der Waals surface area contributed by atoms with Crippen LogP contribution in [-0.4, -0.2) is 22.0 Å². The van der Waals surface area contributed by atoms with Crippen molar-refractivity contribution in [2.24, 2.45) is 0 Å². The van der Waals surface area contributed by atoms with Gasteiger partial charge in [-0.1, -0.05) is 17.8 Å². The summed E-state index contributed by atoms with van der Waals surface area (Å²) in [6.07, 6.45) is 0. The van der Waals surface area contributed by atoms with Gasteiger partial charge in [0.2, 0.25) is 6.79 Å². The van der Waals surface area contributed by atoms with E-state index in [0.717, 1.165) is 17.1 Å². The lowest BCUT2D eigenvalue weighted by Crippen LogP contribution is -2.14. The summed E-state index contributed by atoms with van der Waals surface area (Å²) < 4.78 is 10.6. The Morgan fingerprint density at radius 3 is 3.00 bits per heavy atom. The molecular formula is C12H11N3O3S. The van der Waals surface area contributed by atoms with Gasteiger partial charge in [-0.3, -0.25) is 9.78 Å². The highest BCUT2D eigenvalue weighted by Crippen LogP contribution is 2.33. The second-order valence-corrected chi connectivity index (χ2v) is 4.99. The van der Waals surface area contributed by atoms with Crippen LogP contribution in [0.25, 0.3) is 0 Å². The number of nitrogens with zero attached hydrogens (tertiary/aromatic N) is 2. The van der Waals surface area contributed by atoms with E-state index in [1.165, 1.54) is 11.8 Å². The number of rotatable bonds is 3. The maximum Gasteiger partial charge on any atom is 0.273 e. The molecule has 6 nitrogen and oxygen atoms in total. The number of benzene rings is 1. The van der Waals surface area contributed by atoms with Gasteiger partial charge in [0.1, 0.15) is 5.69 Å².